The van der Waals surface area contributed by atoms with E-state index in [0.717, 1.165) is 6.42 Å². The van der Waals surface area contributed by atoms with Crippen molar-refractivity contribution < 1.29 is 13.5 Å². The van der Waals surface area contributed by atoms with E-state index in [4.69, 9.17) is 11.6 Å². The zero-order valence-corrected chi connectivity index (χ0v) is 10.2. The first kappa shape index (κ1) is 11.9. The van der Waals surface area contributed by atoms with Crippen molar-refractivity contribution in [3.05, 3.63) is 29.3 Å². The van der Waals surface area contributed by atoms with E-state index < -0.39 is 21.2 Å². The standard InChI is InChI=1S/C11H13ClO3S/c12-8-4-6-9(7-5-8)16(14,15)11-3-1-2-10(11)13/h4-7,10-11,13H,1-3H2. The predicted octanol–water partition coefficient (Wildman–Crippen LogP) is 2.03. The molecule has 5 heteroatoms. The largest absolute Gasteiger partial charge is 0.392 e. The van der Waals surface area contributed by atoms with Gasteiger partial charge in [-0.3, -0.25) is 0 Å². The Morgan fingerprint density at radius 2 is 1.81 bits per heavy atom. The number of hydrogen-bond acceptors (Lipinski definition) is 3. The minimum atomic E-state index is -3.41. The minimum absolute atomic E-state index is 0.239. The molecule has 0 amide bonds. The lowest BCUT2D eigenvalue weighted by Gasteiger charge is -2.15. The highest BCUT2D eigenvalue weighted by Gasteiger charge is 2.37. The van der Waals surface area contributed by atoms with Crippen LogP contribution in [0.2, 0.25) is 5.02 Å². The van der Waals surface area contributed by atoms with E-state index in [9.17, 15) is 13.5 Å². The van der Waals surface area contributed by atoms with E-state index in [-0.39, 0.29) is 4.90 Å². The number of rotatable bonds is 2. The van der Waals surface area contributed by atoms with Crippen molar-refractivity contribution in [2.24, 2.45) is 0 Å². The van der Waals surface area contributed by atoms with Gasteiger partial charge in [0.25, 0.3) is 0 Å². The first-order chi connectivity index (χ1) is 7.51. The van der Waals surface area contributed by atoms with Crippen LogP contribution in [0.4, 0.5) is 0 Å². The summed E-state index contributed by atoms with van der Waals surface area (Å²) in [6.07, 6.45) is 1.13. The second-order valence-electron chi connectivity index (χ2n) is 4.04. The van der Waals surface area contributed by atoms with Crippen LogP contribution in [0.5, 0.6) is 0 Å². The molecule has 1 N–H and O–H groups in total. The van der Waals surface area contributed by atoms with Crippen molar-refractivity contribution in [1.29, 1.82) is 0 Å². The van der Waals surface area contributed by atoms with Gasteiger partial charge in [0.05, 0.1) is 16.2 Å². The normalized spacial score (nSPS) is 25.9. The van der Waals surface area contributed by atoms with Crippen molar-refractivity contribution >= 4 is 21.4 Å². The van der Waals surface area contributed by atoms with Crippen LogP contribution >= 0.6 is 11.6 Å². The Hall–Kier alpha value is -0.580. The molecular weight excluding hydrogens is 248 g/mol. The number of aliphatic hydroxyl groups is 1. The molecule has 1 aromatic rings. The summed E-state index contributed by atoms with van der Waals surface area (Å²) in [5, 5.41) is 9.48. The lowest BCUT2D eigenvalue weighted by atomic mass is 10.3. The Morgan fingerprint density at radius 3 is 2.31 bits per heavy atom. The maximum absolute atomic E-state index is 12.2. The van der Waals surface area contributed by atoms with Gasteiger partial charge >= 0.3 is 0 Å². The fourth-order valence-corrected chi connectivity index (χ4v) is 4.09. The van der Waals surface area contributed by atoms with Crippen molar-refractivity contribution in [2.45, 2.75) is 35.5 Å². The first-order valence-electron chi connectivity index (χ1n) is 5.19. The summed E-state index contributed by atoms with van der Waals surface area (Å²) in [6.45, 7) is 0. The second kappa shape index (κ2) is 4.35. The fourth-order valence-electron chi connectivity index (χ4n) is 2.07. The quantitative estimate of drug-likeness (QED) is 0.885. The summed E-state index contributed by atoms with van der Waals surface area (Å²) in [7, 11) is -3.41. The number of aliphatic hydroxyl groups excluding tert-OH is 1. The van der Waals surface area contributed by atoms with Gasteiger partial charge in [-0.25, -0.2) is 8.42 Å². The smallest absolute Gasteiger partial charge is 0.183 e. The van der Waals surface area contributed by atoms with Crippen molar-refractivity contribution in [1.82, 2.24) is 0 Å². The summed E-state index contributed by atoms with van der Waals surface area (Å²) >= 11 is 5.71. The van der Waals surface area contributed by atoms with E-state index in [1.54, 1.807) is 12.1 Å². The van der Waals surface area contributed by atoms with Gasteiger partial charge in [-0.1, -0.05) is 11.6 Å². The Balaban J connectivity index is 2.35. The molecule has 2 rings (SSSR count). The van der Waals surface area contributed by atoms with Gasteiger partial charge in [0.15, 0.2) is 9.84 Å². The van der Waals surface area contributed by atoms with Crippen LogP contribution in [-0.4, -0.2) is 24.9 Å². The molecule has 2 unspecified atom stereocenters. The lowest BCUT2D eigenvalue weighted by molar-refractivity contribution is 0.185. The van der Waals surface area contributed by atoms with Gasteiger partial charge in [-0.05, 0) is 43.5 Å². The minimum Gasteiger partial charge on any atom is -0.392 e. The van der Waals surface area contributed by atoms with Crippen LogP contribution < -0.4 is 0 Å². The first-order valence-corrected chi connectivity index (χ1v) is 7.12. The molecule has 0 aromatic heterocycles. The summed E-state index contributed by atoms with van der Waals surface area (Å²) in [4.78, 5) is 0.239. The van der Waals surface area contributed by atoms with Gasteiger partial charge in [0, 0.05) is 5.02 Å². The predicted molar refractivity (Wildman–Crippen MR) is 62.3 cm³/mol. The fraction of sp³-hybridized carbons (Fsp3) is 0.455. The molecule has 1 aliphatic rings. The number of hydrogen-bond donors (Lipinski definition) is 1. The van der Waals surface area contributed by atoms with E-state index in [1.807, 2.05) is 0 Å². The number of sulfone groups is 1. The highest BCUT2D eigenvalue weighted by atomic mass is 35.5. The number of benzene rings is 1. The van der Waals surface area contributed by atoms with Gasteiger partial charge in [0.1, 0.15) is 0 Å². The zero-order chi connectivity index (χ0) is 11.8. The Morgan fingerprint density at radius 1 is 1.19 bits per heavy atom. The van der Waals surface area contributed by atoms with E-state index >= 15 is 0 Å². The molecular formula is C11H13ClO3S. The summed E-state index contributed by atoms with van der Waals surface area (Å²) in [5.41, 5.74) is 0. The van der Waals surface area contributed by atoms with E-state index in [0.29, 0.717) is 17.9 Å². The van der Waals surface area contributed by atoms with Crippen LogP contribution in [0, 0.1) is 0 Å². The summed E-state index contributed by atoms with van der Waals surface area (Å²) < 4.78 is 24.3. The molecule has 1 saturated carbocycles. The Bertz CT molecular complexity index is 467. The van der Waals surface area contributed by atoms with Gasteiger partial charge in [0.2, 0.25) is 0 Å². The van der Waals surface area contributed by atoms with Crippen molar-refractivity contribution in [2.75, 3.05) is 0 Å². The average Bonchev–Trinajstić information content (AvgIpc) is 2.66. The van der Waals surface area contributed by atoms with E-state index in [1.165, 1.54) is 12.1 Å². The molecule has 0 aliphatic heterocycles. The van der Waals surface area contributed by atoms with Crippen LogP contribution in [0.15, 0.2) is 29.2 Å². The molecule has 0 radical (unpaired) electrons. The monoisotopic (exact) mass is 260 g/mol. The molecule has 0 heterocycles. The average molecular weight is 261 g/mol. The molecule has 0 spiro atoms. The Kier molecular flexibility index (Phi) is 3.24. The maximum atomic E-state index is 12.2. The second-order valence-corrected chi connectivity index (χ2v) is 6.64. The molecule has 16 heavy (non-hydrogen) atoms. The van der Waals surface area contributed by atoms with Crippen LogP contribution in [-0.2, 0) is 9.84 Å². The van der Waals surface area contributed by atoms with Crippen molar-refractivity contribution in [3.8, 4) is 0 Å². The van der Waals surface area contributed by atoms with Gasteiger partial charge in [-0.2, -0.15) is 0 Å². The number of halogens is 1. The molecule has 88 valence electrons. The molecule has 1 fully saturated rings. The van der Waals surface area contributed by atoms with Gasteiger partial charge < -0.3 is 5.11 Å². The third kappa shape index (κ3) is 2.10. The highest BCUT2D eigenvalue weighted by molar-refractivity contribution is 7.92. The Labute approximate surface area is 100.0 Å². The van der Waals surface area contributed by atoms with Crippen LogP contribution in [0.25, 0.3) is 0 Å². The lowest BCUT2D eigenvalue weighted by Crippen LogP contribution is -2.29. The highest BCUT2D eigenvalue weighted by Crippen LogP contribution is 2.30. The van der Waals surface area contributed by atoms with Crippen LogP contribution in [0.3, 0.4) is 0 Å². The molecule has 2 atom stereocenters. The summed E-state index contributed by atoms with van der Waals surface area (Å²) in [6, 6.07) is 6.08. The molecule has 0 bridgehead atoms. The van der Waals surface area contributed by atoms with Crippen molar-refractivity contribution in [3.63, 3.8) is 0 Å². The molecule has 3 nitrogen and oxygen atoms in total. The maximum Gasteiger partial charge on any atom is 0.183 e. The topological polar surface area (TPSA) is 54.4 Å². The SMILES string of the molecule is O=S(=O)(c1ccc(Cl)cc1)C1CCCC1O. The molecule has 0 saturated heterocycles. The van der Waals surface area contributed by atoms with E-state index in [2.05, 4.69) is 0 Å². The zero-order valence-electron chi connectivity index (χ0n) is 8.64. The summed E-state index contributed by atoms with van der Waals surface area (Å²) in [5.74, 6) is 0. The third-order valence-electron chi connectivity index (χ3n) is 2.96. The molecule has 1 aliphatic carbocycles. The molecule has 1 aromatic carbocycles. The van der Waals surface area contributed by atoms with Crippen LogP contribution in [0.1, 0.15) is 19.3 Å². The third-order valence-corrected chi connectivity index (χ3v) is 5.49. The van der Waals surface area contributed by atoms with Gasteiger partial charge in [-0.15, -0.1) is 0 Å².